The average molecular weight is 357 g/mol. The van der Waals surface area contributed by atoms with Crippen molar-refractivity contribution in [2.24, 2.45) is 5.73 Å². The van der Waals surface area contributed by atoms with Crippen LogP contribution in [0.2, 0.25) is 0 Å². The van der Waals surface area contributed by atoms with Crippen molar-refractivity contribution in [3.63, 3.8) is 0 Å². The zero-order valence-corrected chi connectivity index (χ0v) is 14.5. The maximum Gasteiger partial charge on any atom is 0.312 e. The normalized spacial score (nSPS) is 10.3. The van der Waals surface area contributed by atoms with Crippen molar-refractivity contribution >= 4 is 34.4 Å². The minimum absolute atomic E-state index is 0.236. The Morgan fingerprint density at radius 2 is 1.73 bits per heavy atom. The van der Waals surface area contributed by atoms with Crippen LogP contribution in [-0.4, -0.2) is 31.1 Å². The summed E-state index contributed by atoms with van der Waals surface area (Å²) in [5, 5.41) is 7.30. The number of unbranched alkanes of at least 4 members (excludes halogenated alkanes) is 2. The molecule has 2 aromatic rings. The van der Waals surface area contributed by atoms with Crippen LogP contribution in [0.15, 0.2) is 42.5 Å². The molecule has 0 spiro atoms. The second-order valence-corrected chi connectivity index (χ2v) is 5.87. The van der Waals surface area contributed by atoms with Crippen LogP contribution in [0.5, 0.6) is 0 Å². The van der Waals surface area contributed by atoms with Crippen LogP contribution in [0.3, 0.4) is 0 Å². The molecule has 0 atom stereocenters. The summed E-state index contributed by atoms with van der Waals surface area (Å²) in [4.78, 5) is 34.0. The van der Waals surface area contributed by atoms with Gasteiger partial charge in [0.2, 0.25) is 0 Å². The number of carbonyl (C=O) groups is 3. The molecule has 7 nitrogen and oxygen atoms in total. The van der Waals surface area contributed by atoms with Gasteiger partial charge in [-0.3, -0.25) is 9.59 Å². The number of hydrogen-bond donors (Lipinski definition) is 3. The van der Waals surface area contributed by atoms with Crippen LogP contribution >= 0.6 is 0 Å². The molecule has 0 radical (unpaired) electrons. The first-order chi connectivity index (χ1) is 12.5. The SMILES string of the molecule is NC(=O)NCCCCCC(=O)OCC(=O)Nc1ccc2ccccc2c1. The number of benzene rings is 2. The van der Waals surface area contributed by atoms with Gasteiger partial charge in [-0.25, -0.2) is 4.79 Å². The Morgan fingerprint density at radius 1 is 0.962 bits per heavy atom. The Morgan fingerprint density at radius 3 is 2.50 bits per heavy atom. The monoisotopic (exact) mass is 357 g/mol. The minimum Gasteiger partial charge on any atom is -0.456 e. The third-order valence-corrected chi connectivity index (χ3v) is 3.75. The maximum atomic E-state index is 11.9. The number of ether oxygens (including phenoxy) is 1. The summed E-state index contributed by atoms with van der Waals surface area (Å²) in [6, 6.07) is 12.9. The molecular weight excluding hydrogens is 334 g/mol. The molecule has 0 aliphatic carbocycles. The Kier molecular flexibility index (Phi) is 7.42. The van der Waals surface area contributed by atoms with Crippen molar-refractivity contribution in [3.05, 3.63) is 42.5 Å². The lowest BCUT2D eigenvalue weighted by molar-refractivity contribution is -0.147. The molecule has 3 amide bonds. The summed E-state index contributed by atoms with van der Waals surface area (Å²) in [7, 11) is 0. The van der Waals surface area contributed by atoms with Gasteiger partial charge in [0.25, 0.3) is 5.91 Å². The largest absolute Gasteiger partial charge is 0.456 e. The molecule has 0 saturated heterocycles. The van der Waals surface area contributed by atoms with Gasteiger partial charge in [-0.05, 0) is 35.7 Å². The number of anilines is 1. The van der Waals surface area contributed by atoms with Gasteiger partial charge in [-0.15, -0.1) is 0 Å². The van der Waals surface area contributed by atoms with Crippen molar-refractivity contribution in [1.29, 1.82) is 0 Å². The first kappa shape index (κ1) is 19.2. The Labute approximate surface area is 151 Å². The van der Waals surface area contributed by atoms with Crippen LogP contribution < -0.4 is 16.4 Å². The number of esters is 1. The second-order valence-electron chi connectivity index (χ2n) is 5.87. The Hall–Kier alpha value is -3.09. The van der Waals surface area contributed by atoms with E-state index in [0.29, 0.717) is 18.7 Å². The van der Waals surface area contributed by atoms with E-state index in [1.165, 1.54) is 0 Å². The molecule has 7 heteroatoms. The van der Waals surface area contributed by atoms with Crippen molar-refractivity contribution < 1.29 is 19.1 Å². The zero-order chi connectivity index (χ0) is 18.8. The van der Waals surface area contributed by atoms with Gasteiger partial charge in [0, 0.05) is 18.7 Å². The lowest BCUT2D eigenvalue weighted by Crippen LogP contribution is -2.29. The van der Waals surface area contributed by atoms with Gasteiger partial charge < -0.3 is 21.1 Å². The average Bonchev–Trinajstić information content (AvgIpc) is 2.62. The fourth-order valence-corrected chi connectivity index (χ4v) is 2.47. The second kappa shape index (κ2) is 10.0. The number of fused-ring (bicyclic) bond motifs is 1. The predicted molar refractivity (Wildman–Crippen MR) is 99.6 cm³/mol. The van der Waals surface area contributed by atoms with Gasteiger partial charge in [0.05, 0.1) is 0 Å². The standard InChI is InChI=1S/C19H23N3O4/c20-19(25)21-11-5-1-2-8-18(24)26-13-17(23)22-16-10-9-14-6-3-4-7-15(14)12-16/h3-4,6-7,9-10,12H,1-2,5,8,11,13H2,(H,22,23)(H3,20,21,25). The van der Waals surface area contributed by atoms with Crippen molar-refractivity contribution in [1.82, 2.24) is 5.32 Å². The molecule has 26 heavy (non-hydrogen) atoms. The van der Waals surface area contributed by atoms with E-state index in [-0.39, 0.29) is 18.9 Å². The van der Waals surface area contributed by atoms with E-state index in [2.05, 4.69) is 10.6 Å². The highest BCUT2D eigenvalue weighted by Gasteiger charge is 2.08. The number of nitrogens with one attached hydrogen (secondary N) is 2. The minimum atomic E-state index is -0.554. The molecule has 2 rings (SSSR count). The summed E-state index contributed by atoms with van der Waals surface area (Å²) in [5.74, 6) is -0.791. The van der Waals surface area contributed by atoms with Crippen molar-refractivity contribution in [3.8, 4) is 0 Å². The zero-order valence-electron chi connectivity index (χ0n) is 14.5. The summed E-state index contributed by atoms with van der Waals surface area (Å²) >= 11 is 0. The number of amides is 3. The van der Waals surface area contributed by atoms with Crippen molar-refractivity contribution in [2.75, 3.05) is 18.5 Å². The van der Waals surface area contributed by atoms with E-state index >= 15 is 0 Å². The number of primary amides is 1. The van der Waals surface area contributed by atoms with E-state index in [1.807, 2.05) is 42.5 Å². The molecule has 0 aliphatic heterocycles. The van der Waals surface area contributed by atoms with Crippen LogP contribution in [-0.2, 0) is 14.3 Å². The van der Waals surface area contributed by atoms with Gasteiger partial charge in [-0.1, -0.05) is 36.8 Å². The summed E-state index contributed by atoms with van der Waals surface area (Å²) < 4.78 is 4.97. The van der Waals surface area contributed by atoms with E-state index in [9.17, 15) is 14.4 Å². The Bertz CT molecular complexity index is 776. The maximum absolute atomic E-state index is 11.9. The van der Waals surface area contributed by atoms with Crippen LogP contribution in [0.4, 0.5) is 10.5 Å². The van der Waals surface area contributed by atoms with Crippen molar-refractivity contribution in [2.45, 2.75) is 25.7 Å². The fraction of sp³-hybridized carbons (Fsp3) is 0.316. The molecule has 4 N–H and O–H groups in total. The van der Waals surface area contributed by atoms with E-state index in [1.54, 1.807) is 0 Å². The number of carbonyl (C=O) groups excluding carboxylic acids is 3. The Balaban J connectivity index is 1.64. The third-order valence-electron chi connectivity index (χ3n) is 3.75. The molecular formula is C19H23N3O4. The first-order valence-electron chi connectivity index (χ1n) is 8.52. The third kappa shape index (κ3) is 6.80. The number of urea groups is 1. The molecule has 0 bridgehead atoms. The molecule has 0 heterocycles. The highest BCUT2D eigenvalue weighted by atomic mass is 16.5. The topological polar surface area (TPSA) is 111 Å². The highest BCUT2D eigenvalue weighted by Crippen LogP contribution is 2.18. The molecule has 0 aliphatic rings. The number of hydrogen-bond acceptors (Lipinski definition) is 4. The van der Waals surface area contributed by atoms with E-state index < -0.39 is 12.0 Å². The quantitative estimate of drug-likeness (QED) is 0.473. The number of rotatable bonds is 9. The molecule has 0 fully saturated rings. The lowest BCUT2D eigenvalue weighted by atomic mass is 10.1. The number of nitrogens with two attached hydrogens (primary N) is 1. The van der Waals surface area contributed by atoms with Crippen LogP contribution in [0.25, 0.3) is 10.8 Å². The summed E-state index contributed by atoms with van der Waals surface area (Å²) in [5.41, 5.74) is 5.60. The van der Waals surface area contributed by atoms with E-state index in [0.717, 1.165) is 23.6 Å². The fourth-order valence-electron chi connectivity index (χ4n) is 2.47. The molecule has 138 valence electrons. The molecule has 0 unspecified atom stereocenters. The molecule has 0 aromatic heterocycles. The van der Waals surface area contributed by atoms with Gasteiger partial charge >= 0.3 is 12.0 Å². The van der Waals surface area contributed by atoms with Gasteiger partial charge in [0.1, 0.15) is 0 Å². The van der Waals surface area contributed by atoms with Gasteiger partial charge in [0.15, 0.2) is 6.61 Å². The molecule has 0 saturated carbocycles. The van der Waals surface area contributed by atoms with Crippen LogP contribution in [0, 0.1) is 0 Å². The summed E-state index contributed by atoms with van der Waals surface area (Å²) in [6.07, 6.45) is 2.36. The lowest BCUT2D eigenvalue weighted by Gasteiger charge is -2.08. The smallest absolute Gasteiger partial charge is 0.312 e. The summed E-state index contributed by atoms with van der Waals surface area (Å²) in [6.45, 7) is 0.174. The molecule has 2 aromatic carbocycles. The predicted octanol–water partition coefficient (Wildman–Crippen LogP) is 2.55. The highest BCUT2D eigenvalue weighted by molar-refractivity contribution is 5.95. The van der Waals surface area contributed by atoms with Crippen LogP contribution in [0.1, 0.15) is 25.7 Å². The first-order valence-corrected chi connectivity index (χ1v) is 8.52. The van der Waals surface area contributed by atoms with Gasteiger partial charge in [-0.2, -0.15) is 0 Å². The van der Waals surface area contributed by atoms with E-state index in [4.69, 9.17) is 10.5 Å².